The van der Waals surface area contributed by atoms with E-state index < -0.39 is 5.91 Å². The number of carboxylic acid groups (broad SMARTS) is 1. The van der Waals surface area contributed by atoms with Crippen LogP contribution in [0.15, 0.2) is 42.5 Å². The number of para-hydroxylation sites is 1. The molecule has 1 amide bonds. The smallest absolute Gasteiger partial charge is 0.290 e. The maximum Gasteiger partial charge on any atom is 0.290 e. The number of rotatable bonds is 5. The van der Waals surface area contributed by atoms with Crippen molar-refractivity contribution in [1.29, 1.82) is 0 Å². The molecule has 0 unspecified atom stereocenters. The molecular weight excluding hydrogens is 374 g/mol. The first-order valence-corrected chi connectivity index (χ1v) is 8.67. The minimum Gasteiger partial charge on any atom is -0.483 e. The Balaban J connectivity index is 0.000000755. The molecule has 29 heavy (non-hydrogen) atoms. The number of benzene rings is 2. The molecule has 0 aliphatic rings. The number of primary amides is 1. The number of carbonyl (C=O) groups is 2. The molecule has 10 nitrogen and oxygen atoms in total. The van der Waals surface area contributed by atoms with E-state index in [-0.39, 0.29) is 12.9 Å². The molecule has 2 aromatic carbocycles. The van der Waals surface area contributed by atoms with Crippen LogP contribution in [0.5, 0.6) is 0 Å². The van der Waals surface area contributed by atoms with E-state index in [2.05, 4.69) is 37.6 Å². The summed E-state index contributed by atoms with van der Waals surface area (Å²) in [7, 11) is 0. The molecule has 4 rings (SSSR count). The lowest BCUT2D eigenvalue weighted by molar-refractivity contribution is -0.123. The van der Waals surface area contributed by atoms with E-state index in [9.17, 15) is 4.79 Å². The average Bonchev–Trinajstić information content (AvgIpc) is 3.30. The molecule has 4 aromatic rings. The Morgan fingerprint density at radius 2 is 1.93 bits per heavy atom. The van der Waals surface area contributed by atoms with Crippen molar-refractivity contribution in [2.45, 2.75) is 19.9 Å². The molecule has 0 fully saturated rings. The van der Waals surface area contributed by atoms with Crippen LogP contribution in [0.4, 0.5) is 0 Å². The maximum absolute atomic E-state index is 11.3. The lowest BCUT2D eigenvalue weighted by Gasteiger charge is -2.07. The largest absolute Gasteiger partial charge is 0.483 e. The Bertz CT molecular complexity index is 1130. The van der Waals surface area contributed by atoms with Gasteiger partial charge in [0.25, 0.3) is 6.47 Å². The predicted molar refractivity (Wildman–Crippen MR) is 105 cm³/mol. The zero-order valence-corrected chi connectivity index (χ0v) is 15.6. The van der Waals surface area contributed by atoms with Crippen molar-refractivity contribution < 1.29 is 14.7 Å². The van der Waals surface area contributed by atoms with Crippen molar-refractivity contribution in [3.63, 3.8) is 0 Å². The van der Waals surface area contributed by atoms with Crippen LogP contribution in [-0.4, -0.2) is 47.7 Å². The number of fused-ring (bicyclic) bond motifs is 1. The van der Waals surface area contributed by atoms with Gasteiger partial charge < -0.3 is 10.8 Å². The molecular formula is C19H19N7O3. The van der Waals surface area contributed by atoms with Crippen LogP contribution in [-0.2, 0) is 22.6 Å². The van der Waals surface area contributed by atoms with E-state index in [1.165, 1.54) is 5.56 Å². The Labute approximate surface area is 165 Å². The SMILES string of the molecule is Cc1ccc(Cn2nc(CC(N)=O)nc2-c2cccc3n[nH]nc23)cc1.O=CO. The molecule has 0 aliphatic heterocycles. The number of amides is 1. The number of aromatic nitrogens is 6. The molecule has 148 valence electrons. The standard InChI is InChI=1S/C18H17N7O.CH2O2/c1-11-5-7-12(8-6-11)10-25-18(20-16(23-25)9-15(19)26)13-3-2-4-14-17(13)22-24-21-14;2-1-3/h2-8H,9-10H2,1H3,(H2,19,26)(H,21,22,24);1H,(H,2,3). The third-order valence-electron chi connectivity index (χ3n) is 4.09. The Morgan fingerprint density at radius 3 is 2.62 bits per heavy atom. The highest BCUT2D eigenvalue weighted by atomic mass is 16.3. The van der Waals surface area contributed by atoms with Crippen LogP contribution in [0.2, 0.25) is 0 Å². The average molecular weight is 393 g/mol. The fourth-order valence-corrected chi connectivity index (χ4v) is 2.84. The van der Waals surface area contributed by atoms with Gasteiger partial charge in [-0.15, -0.1) is 0 Å². The van der Waals surface area contributed by atoms with Crippen LogP contribution in [0.3, 0.4) is 0 Å². The minimum atomic E-state index is -0.469. The second-order valence-electron chi connectivity index (χ2n) is 6.24. The zero-order valence-electron chi connectivity index (χ0n) is 15.6. The van der Waals surface area contributed by atoms with E-state index in [0.29, 0.717) is 23.7 Å². The number of carbonyl (C=O) groups excluding carboxylic acids is 1. The van der Waals surface area contributed by atoms with E-state index in [1.807, 2.05) is 37.3 Å². The van der Waals surface area contributed by atoms with Gasteiger partial charge in [0.2, 0.25) is 5.91 Å². The van der Waals surface area contributed by atoms with Gasteiger partial charge in [0.15, 0.2) is 11.6 Å². The number of nitrogens with two attached hydrogens (primary N) is 1. The monoisotopic (exact) mass is 393 g/mol. The fourth-order valence-electron chi connectivity index (χ4n) is 2.84. The number of nitrogens with zero attached hydrogens (tertiary/aromatic N) is 5. The summed E-state index contributed by atoms with van der Waals surface area (Å²) in [4.78, 5) is 24.2. The molecule has 0 saturated carbocycles. The highest BCUT2D eigenvalue weighted by Crippen LogP contribution is 2.25. The van der Waals surface area contributed by atoms with Gasteiger partial charge in [-0.1, -0.05) is 35.9 Å². The molecule has 0 aliphatic carbocycles. The Kier molecular flexibility index (Phi) is 5.93. The Morgan fingerprint density at radius 1 is 1.21 bits per heavy atom. The third kappa shape index (κ3) is 4.61. The van der Waals surface area contributed by atoms with Gasteiger partial charge in [0, 0.05) is 5.56 Å². The summed E-state index contributed by atoms with van der Waals surface area (Å²) in [5, 5.41) is 22.3. The lowest BCUT2D eigenvalue weighted by atomic mass is 10.1. The highest BCUT2D eigenvalue weighted by Gasteiger charge is 2.17. The third-order valence-corrected chi connectivity index (χ3v) is 4.09. The molecule has 0 radical (unpaired) electrons. The van der Waals surface area contributed by atoms with Gasteiger partial charge in [0.05, 0.1) is 13.0 Å². The van der Waals surface area contributed by atoms with Crippen LogP contribution in [0.25, 0.3) is 22.4 Å². The van der Waals surface area contributed by atoms with E-state index in [0.717, 1.165) is 16.6 Å². The number of nitrogens with one attached hydrogen (secondary N) is 1. The number of H-pyrrole nitrogens is 1. The van der Waals surface area contributed by atoms with Crippen molar-refractivity contribution in [3.8, 4) is 11.4 Å². The molecule has 10 heteroatoms. The highest BCUT2D eigenvalue weighted by molar-refractivity contribution is 5.89. The van der Waals surface area contributed by atoms with Crippen molar-refractivity contribution in [2.24, 2.45) is 5.73 Å². The van der Waals surface area contributed by atoms with Crippen LogP contribution >= 0.6 is 0 Å². The zero-order chi connectivity index (χ0) is 20.8. The van der Waals surface area contributed by atoms with Crippen LogP contribution in [0, 0.1) is 6.92 Å². The van der Waals surface area contributed by atoms with Gasteiger partial charge in [-0.2, -0.15) is 20.5 Å². The first-order chi connectivity index (χ1) is 14.0. The number of aromatic amines is 1. The van der Waals surface area contributed by atoms with Gasteiger partial charge >= 0.3 is 0 Å². The van der Waals surface area contributed by atoms with Gasteiger partial charge in [0.1, 0.15) is 11.0 Å². The Hall–Kier alpha value is -4.08. The van der Waals surface area contributed by atoms with Gasteiger partial charge in [-0.3, -0.25) is 9.59 Å². The molecule has 0 saturated heterocycles. The van der Waals surface area contributed by atoms with Crippen LogP contribution < -0.4 is 5.73 Å². The van der Waals surface area contributed by atoms with Crippen LogP contribution in [0.1, 0.15) is 17.0 Å². The fraction of sp³-hybridized carbons (Fsp3) is 0.158. The summed E-state index contributed by atoms with van der Waals surface area (Å²) in [5.41, 5.74) is 9.82. The quantitative estimate of drug-likeness (QED) is 0.432. The second-order valence-corrected chi connectivity index (χ2v) is 6.24. The second kappa shape index (κ2) is 8.74. The summed E-state index contributed by atoms with van der Waals surface area (Å²) in [6.45, 7) is 2.32. The molecule has 0 spiro atoms. The molecule has 4 N–H and O–H groups in total. The number of hydrogen-bond acceptors (Lipinski definition) is 6. The predicted octanol–water partition coefficient (Wildman–Crippen LogP) is 1.30. The summed E-state index contributed by atoms with van der Waals surface area (Å²) in [6, 6.07) is 13.9. The minimum absolute atomic E-state index is 0.0112. The molecule has 0 bridgehead atoms. The molecule has 2 heterocycles. The maximum atomic E-state index is 11.3. The van der Waals surface area contributed by atoms with Crippen molar-refractivity contribution in [1.82, 2.24) is 30.2 Å². The lowest BCUT2D eigenvalue weighted by Crippen LogP contribution is -2.15. The summed E-state index contributed by atoms with van der Waals surface area (Å²) >= 11 is 0. The summed E-state index contributed by atoms with van der Waals surface area (Å²) in [5.74, 6) is 0.546. The first kappa shape index (κ1) is 19.7. The van der Waals surface area contributed by atoms with Crippen molar-refractivity contribution in [2.75, 3.05) is 0 Å². The van der Waals surface area contributed by atoms with E-state index in [1.54, 1.807) is 4.68 Å². The van der Waals surface area contributed by atoms with E-state index in [4.69, 9.17) is 15.6 Å². The van der Waals surface area contributed by atoms with Gasteiger partial charge in [-0.05, 0) is 24.6 Å². The first-order valence-electron chi connectivity index (χ1n) is 8.67. The molecule has 0 atom stereocenters. The molecule has 2 aromatic heterocycles. The van der Waals surface area contributed by atoms with E-state index >= 15 is 0 Å². The summed E-state index contributed by atoms with van der Waals surface area (Å²) in [6.07, 6.45) is -0.0112. The number of hydrogen-bond donors (Lipinski definition) is 3. The number of aryl methyl sites for hydroxylation is 1. The van der Waals surface area contributed by atoms with Gasteiger partial charge in [-0.25, -0.2) is 9.67 Å². The van der Waals surface area contributed by atoms with Crippen molar-refractivity contribution in [3.05, 3.63) is 59.4 Å². The topological polar surface area (TPSA) is 153 Å². The normalized spacial score (nSPS) is 10.4. The van der Waals surface area contributed by atoms with Crippen molar-refractivity contribution >= 4 is 23.4 Å². The summed E-state index contributed by atoms with van der Waals surface area (Å²) < 4.78 is 1.77.